The highest BCUT2D eigenvalue weighted by atomic mass is 32.2. The Labute approximate surface area is 167 Å². The molecular weight excluding hydrogens is 374 g/mol. The van der Waals surface area contributed by atoms with E-state index < -0.39 is 10.0 Å². The number of piperidine rings is 1. The number of amides is 1. The quantitative estimate of drug-likeness (QED) is 0.710. The summed E-state index contributed by atoms with van der Waals surface area (Å²) in [6.45, 7) is 4.84. The van der Waals surface area contributed by atoms with E-state index in [4.69, 9.17) is 0 Å². The molecule has 0 aromatic heterocycles. The Morgan fingerprint density at radius 1 is 1.11 bits per heavy atom. The van der Waals surface area contributed by atoms with Crippen LogP contribution in [0.3, 0.4) is 0 Å². The molecule has 3 rings (SSSR count). The van der Waals surface area contributed by atoms with Crippen molar-refractivity contribution in [2.75, 3.05) is 26.2 Å². The number of hydrogen-bond acceptors (Lipinski definition) is 4. The van der Waals surface area contributed by atoms with Gasteiger partial charge in [0, 0.05) is 32.1 Å². The molecule has 1 fully saturated rings. The summed E-state index contributed by atoms with van der Waals surface area (Å²) >= 11 is 0. The number of fused-ring (bicyclic) bond motifs is 1. The lowest BCUT2D eigenvalue weighted by Gasteiger charge is -2.33. The van der Waals surface area contributed by atoms with Crippen molar-refractivity contribution < 1.29 is 13.2 Å². The molecule has 0 saturated carbocycles. The fraction of sp³-hybridized carbons (Fsp3) is 0.476. The van der Waals surface area contributed by atoms with Gasteiger partial charge >= 0.3 is 0 Å². The van der Waals surface area contributed by atoms with Gasteiger partial charge in [-0.1, -0.05) is 36.8 Å². The number of hydrogen-bond donors (Lipinski definition) is 2. The molecule has 1 atom stereocenters. The fourth-order valence-corrected chi connectivity index (χ4v) is 4.70. The Morgan fingerprint density at radius 3 is 2.68 bits per heavy atom. The smallest absolute Gasteiger partial charge is 0.240 e. The second-order valence-electron chi connectivity index (χ2n) is 7.39. The molecule has 28 heavy (non-hydrogen) atoms. The molecule has 0 aliphatic carbocycles. The van der Waals surface area contributed by atoms with Crippen molar-refractivity contribution in [2.24, 2.45) is 0 Å². The van der Waals surface area contributed by atoms with E-state index in [0.29, 0.717) is 12.6 Å². The van der Waals surface area contributed by atoms with E-state index in [0.717, 1.165) is 23.9 Å². The van der Waals surface area contributed by atoms with Crippen molar-refractivity contribution in [1.82, 2.24) is 14.9 Å². The summed E-state index contributed by atoms with van der Waals surface area (Å²) in [7, 11) is -3.63. The molecule has 6 nitrogen and oxygen atoms in total. The van der Waals surface area contributed by atoms with Crippen molar-refractivity contribution in [3.8, 4) is 0 Å². The molecule has 152 valence electrons. The first-order valence-corrected chi connectivity index (χ1v) is 11.4. The van der Waals surface area contributed by atoms with Crippen LogP contribution in [0.4, 0.5) is 0 Å². The van der Waals surface area contributed by atoms with Crippen LogP contribution in [0.2, 0.25) is 0 Å². The molecule has 2 aromatic carbocycles. The third-order valence-electron chi connectivity index (χ3n) is 5.34. The van der Waals surface area contributed by atoms with Crippen molar-refractivity contribution in [1.29, 1.82) is 0 Å². The minimum Gasteiger partial charge on any atom is -0.355 e. The van der Waals surface area contributed by atoms with Crippen molar-refractivity contribution >= 4 is 26.7 Å². The lowest BCUT2D eigenvalue weighted by molar-refractivity contribution is -0.121. The highest BCUT2D eigenvalue weighted by Crippen LogP contribution is 2.19. The maximum absolute atomic E-state index is 12.5. The average molecular weight is 404 g/mol. The first kappa shape index (κ1) is 20.8. The van der Waals surface area contributed by atoms with Gasteiger partial charge in [0.15, 0.2) is 0 Å². The zero-order valence-electron chi connectivity index (χ0n) is 16.4. The van der Waals surface area contributed by atoms with Gasteiger partial charge in [0.05, 0.1) is 4.90 Å². The molecule has 0 bridgehead atoms. The van der Waals surface area contributed by atoms with E-state index in [9.17, 15) is 13.2 Å². The molecule has 7 heteroatoms. The Bertz CT molecular complexity index is 914. The van der Waals surface area contributed by atoms with Gasteiger partial charge in [-0.3, -0.25) is 9.69 Å². The summed E-state index contributed by atoms with van der Waals surface area (Å²) in [5, 5.41) is 4.75. The van der Waals surface area contributed by atoms with E-state index in [1.165, 1.54) is 19.3 Å². The van der Waals surface area contributed by atoms with E-state index >= 15 is 0 Å². The first-order valence-electron chi connectivity index (χ1n) is 9.95. The van der Waals surface area contributed by atoms with Crippen LogP contribution in [0.25, 0.3) is 10.8 Å². The molecule has 1 unspecified atom stereocenters. The van der Waals surface area contributed by atoms with E-state index in [1.807, 2.05) is 24.3 Å². The van der Waals surface area contributed by atoms with Gasteiger partial charge in [-0.05, 0) is 49.2 Å². The second-order valence-corrected chi connectivity index (χ2v) is 9.15. The minimum absolute atomic E-state index is 0.0844. The summed E-state index contributed by atoms with van der Waals surface area (Å²) in [4.78, 5) is 14.6. The topological polar surface area (TPSA) is 78.5 Å². The average Bonchev–Trinajstić information content (AvgIpc) is 2.69. The number of sulfonamides is 1. The zero-order valence-corrected chi connectivity index (χ0v) is 17.2. The summed E-state index contributed by atoms with van der Waals surface area (Å²) in [6, 6.07) is 13.2. The normalized spacial score (nSPS) is 18.2. The van der Waals surface area contributed by atoms with E-state index in [2.05, 4.69) is 21.9 Å². The van der Waals surface area contributed by atoms with E-state index in [-0.39, 0.29) is 23.8 Å². The lowest BCUT2D eigenvalue weighted by Crippen LogP contribution is -2.42. The predicted octanol–water partition coefficient (Wildman–Crippen LogP) is 2.50. The number of carbonyl (C=O) groups excluding carboxylic acids is 1. The molecule has 1 saturated heterocycles. The molecule has 1 aliphatic heterocycles. The van der Waals surface area contributed by atoms with Gasteiger partial charge < -0.3 is 5.32 Å². The number of benzene rings is 2. The van der Waals surface area contributed by atoms with E-state index in [1.54, 1.807) is 18.2 Å². The molecule has 1 heterocycles. The lowest BCUT2D eigenvalue weighted by atomic mass is 10.0. The van der Waals surface area contributed by atoms with Gasteiger partial charge in [-0.2, -0.15) is 0 Å². The van der Waals surface area contributed by atoms with Crippen LogP contribution in [0.15, 0.2) is 47.4 Å². The van der Waals surface area contributed by atoms with Crippen LogP contribution in [-0.2, 0) is 14.8 Å². The molecular formula is C21H29N3O3S. The van der Waals surface area contributed by atoms with Crippen LogP contribution in [0.5, 0.6) is 0 Å². The molecule has 0 radical (unpaired) electrons. The Balaban J connectivity index is 1.43. The molecule has 2 aromatic rings. The van der Waals surface area contributed by atoms with Gasteiger partial charge in [0.25, 0.3) is 0 Å². The third-order valence-corrected chi connectivity index (χ3v) is 6.80. The molecule has 2 N–H and O–H groups in total. The summed E-state index contributed by atoms with van der Waals surface area (Å²) < 4.78 is 27.4. The predicted molar refractivity (Wildman–Crippen MR) is 112 cm³/mol. The molecule has 0 spiro atoms. The number of likely N-dealkylation sites (tertiary alicyclic amines) is 1. The fourth-order valence-electron chi connectivity index (χ4n) is 3.63. The summed E-state index contributed by atoms with van der Waals surface area (Å²) in [5.74, 6) is -0.133. The van der Waals surface area contributed by atoms with Crippen LogP contribution in [-0.4, -0.2) is 51.4 Å². The maximum Gasteiger partial charge on any atom is 0.240 e. The number of nitrogens with zero attached hydrogens (tertiary/aromatic N) is 1. The highest BCUT2D eigenvalue weighted by molar-refractivity contribution is 7.89. The monoisotopic (exact) mass is 403 g/mol. The Kier molecular flexibility index (Phi) is 7.04. The summed E-state index contributed by atoms with van der Waals surface area (Å²) in [6.07, 6.45) is 3.84. The molecule has 1 amide bonds. The second kappa shape index (κ2) is 9.49. The highest BCUT2D eigenvalue weighted by Gasteiger charge is 2.18. The van der Waals surface area contributed by atoms with Crippen LogP contribution in [0.1, 0.15) is 32.6 Å². The largest absolute Gasteiger partial charge is 0.355 e. The molecule has 1 aliphatic rings. The van der Waals surface area contributed by atoms with Gasteiger partial charge in [0.2, 0.25) is 15.9 Å². The van der Waals surface area contributed by atoms with Gasteiger partial charge in [-0.25, -0.2) is 13.1 Å². The Morgan fingerprint density at radius 2 is 1.89 bits per heavy atom. The van der Waals surface area contributed by atoms with Crippen LogP contribution in [0, 0.1) is 0 Å². The number of rotatable bonds is 8. The third kappa shape index (κ3) is 5.53. The van der Waals surface area contributed by atoms with Crippen molar-refractivity contribution in [3.05, 3.63) is 42.5 Å². The van der Waals surface area contributed by atoms with Crippen LogP contribution >= 0.6 is 0 Å². The van der Waals surface area contributed by atoms with Crippen molar-refractivity contribution in [2.45, 2.75) is 43.5 Å². The van der Waals surface area contributed by atoms with Gasteiger partial charge in [-0.15, -0.1) is 0 Å². The first-order chi connectivity index (χ1) is 13.5. The summed E-state index contributed by atoms with van der Waals surface area (Å²) in [5.41, 5.74) is 0. The number of nitrogens with one attached hydrogen (secondary N) is 2. The zero-order chi connectivity index (χ0) is 20.0. The standard InChI is InChI=1S/C21H29N3O3S/c1-17-6-4-5-14-24(17)15-13-22-21(25)11-12-23-28(26,27)20-10-9-18-7-2-3-8-19(18)16-20/h2-3,7-10,16-17,23H,4-6,11-15H2,1H3,(H,22,25). The van der Waals surface area contributed by atoms with Gasteiger partial charge in [0.1, 0.15) is 0 Å². The maximum atomic E-state index is 12.5. The van der Waals surface area contributed by atoms with Crippen LogP contribution < -0.4 is 10.0 Å². The Hall–Kier alpha value is -1.96. The minimum atomic E-state index is -3.63. The van der Waals surface area contributed by atoms with Crippen molar-refractivity contribution in [3.63, 3.8) is 0 Å². The number of carbonyl (C=O) groups is 1. The SMILES string of the molecule is CC1CCCCN1CCNC(=O)CCNS(=O)(=O)c1ccc2ccccc2c1.